The SMILES string of the molecule is Cc1cc(C)c2c(c1)C1(C)CCC(c3cc4c(cc3C)C3(C)CCc5ccccc5C3(C)N4N)CC1(C)N2N. The molecule has 4 nitrogen and oxygen atoms in total. The Morgan fingerprint density at radius 3 is 2.28 bits per heavy atom. The molecule has 204 valence electrons. The van der Waals surface area contributed by atoms with Crippen LogP contribution in [0.3, 0.4) is 0 Å². The molecule has 0 amide bonds. The van der Waals surface area contributed by atoms with Crippen LogP contribution in [0.25, 0.3) is 0 Å². The molecule has 5 unspecified atom stereocenters. The van der Waals surface area contributed by atoms with E-state index < -0.39 is 0 Å². The first-order valence-electron chi connectivity index (χ1n) is 14.8. The summed E-state index contributed by atoms with van der Waals surface area (Å²) in [6.45, 7) is 16.4. The van der Waals surface area contributed by atoms with E-state index in [4.69, 9.17) is 11.7 Å². The maximum Gasteiger partial charge on any atom is 0.0878 e. The molecule has 1 fully saturated rings. The van der Waals surface area contributed by atoms with Gasteiger partial charge in [0.2, 0.25) is 0 Å². The monoisotopic (exact) mass is 520 g/mol. The zero-order valence-electron chi connectivity index (χ0n) is 24.8. The number of hydrazine groups is 2. The minimum Gasteiger partial charge on any atom is -0.304 e. The molecule has 0 aromatic heterocycles. The van der Waals surface area contributed by atoms with E-state index in [0.717, 1.165) is 32.1 Å². The van der Waals surface area contributed by atoms with Gasteiger partial charge in [-0.2, -0.15) is 0 Å². The maximum atomic E-state index is 7.13. The second kappa shape index (κ2) is 7.67. The highest BCUT2D eigenvalue weighted by Crippen LogP contribution is 2.63. The fourth-order valence-electron chi connectivity index (χ4n) is 9.51. The molecule has 2 aliphatic heterocycles. The number of fused-ring (bicyclic) bond motifs is 8. The van der Waals surface area contributed by atoms with Gasteiger partial charge < -0.3 is 5.01 Å². The van der Waals surface area contributed by atoms with Crippen molar-refractivity contribution in [3.63, 3.8) is 0 Å². The predicted octanol–water partition coefficient (Wildman–Crippen LogP) is 7.10. The highest BCUT2D eigenvalue weighted by molar-refractivity contribution is 5.73. The minimum atomic E-state index is -0.261. The van der Waals surface area contributed by atoms with E-state index in [1.54, 1.807) is 0 Å². The van der Waals surface area contributed by atoms with Crippen LogP contribution >= 0.6 is 0 Å². The highest BCUT2D eigenvalue weighted by Gasteiger charge is 2.61. The Morgan fingerprint density at radius 2 is 1.51 bits per heavy atom. The maximum absolute atomic E-state index is 7.13. The second-order valence-electron chi connectivity index (χ2n) is 14.1. The molecule has 0 spiro atoms. The Kier molecular flexibility index (Phi) is 4.95. The minimum absolute atomic E-state index is 0.0254. The third kappa shape index (κ3) is 2.82. The largest absolute Gasteiger partial charge is 0.304 e. The van der Waals surface area contributed by atoms with E-state index in [-0.39, 0.29) is 21.9 Å². The van der Waals surface area contributed by atoms with Crippen molar-refractivity contribution in [2.24, 2.45) is 11.7 Å². The van der Waals surface area contributed by atoms with Crippen molar-refractivity contribution in [1.29, 1.82) is 0 Å². The fourth-order valence-corrected chi connectivity index (χ4v) is 9.51. The Hall–Kier alpha value is -2.82. The lowest BCUT2D eigenvalue weighted by Gasteiger charge is -2.51. The Morgan fingerprint density at radius 1 is 0.769 bits per heavy atom. The molecule has 39 heavy (non-hydrogen) atoms. The van der Waals surface area contributed by atoms with Gasteiger partial charge in [-0.25, -0.2) is 11.7 Å². The summed E-state index contributed by atoms with van der Waals surface area (Å²) < 4.78 is 0. The molecule has 3 aromatic carbocycles. The molecule has 4 aliphatic rings. The van der Waals surface area contributed by atoms with E-state index >= 15 is 0 Å². The van der Waals surface area contributed by atoms with Gasteiger partial charge in [-0.05, 0) is 118 Å². The summed E-state index contributed by atoms with van der Waals surface area (Å²) in [5, 5.41) is 4.25. The number of aryl methyl sites for hydroxylation is 4. The van der Waals surface area contributed by atoms with Crippen LogP contribution in [0.4, 0.5) is 11.4 Å². The zero-order valence-corrected chi connectivity index (χ0v) is 24.8. The summed E-state index contributed by atoms with van der Waals surface area (Å²) in [4.78, 5) is 0. The van der Waals surface area contributed by atoms with E-state index in [1.807, 2.05) is 0 Å². The third-order valence-corrected chi connectivity index (χ3v) is 12.3. The number of nitrogens with two attached hydrogens (primary N) is 2. The van der Waals surface area contributed by atoms with Crippen molar-refractivity contribution in [3.8, 4) is 0 Å². The van der Waals surface area contributed by atoms with Crippen molar-refractivity contribution < 1.29 is 0 Å². The highest BCUT2D eigenvalue weighted by atomic mass is 15.5. The number of rotatable bonds is 1. The fraction of sp³-hybridized carbons (Fsp3) is 0.486. The summed E-state index contributed by atoms with van der Waals surface area (Å²) in [5.41, 5.74) is 13.2. The molecule has 0 bridgehead atoms. The van der Waals surface area contributed by atoms with E-state index in [1.165, 1.54) is 55.9 Å². The van der Waals surface area contributed by atoms with Gasteiger partial charge in [0.1, 0.15) is 0 Å². The standard InChI is InChI=1S/C35H44N4/c1-21-16-23(3)31-29(17-21)32(4)14-13-25(20-34(32,6)39(31)37)26-19-30-28(18-22(26)2)33(5)15-12-24-10-8-9-11-27(24)35(33,7)38(30)36/h8-11,16-19,25H,12-15,20,36-37H2,1-7H3. The van der Waals surface area contributed by atoms with Crippen LogP contribution in [0.1, 0.15) is 104 Å². The smallest absolute Gasteiger partial charge is 0.0878 e. The first-order chi connectivity index (χ1) is 18.4. The zero-order chi connectivity index (χ0) is 27.7. The van der Waals surface area contributed by atoms with Gasteiger partial charge >= 0.3 is 0 Å². The third-order valence-electron chi connectivity index (χ3n) is 12.3. The average Bonchev–Trinajstić information content (AvgIpc) is 3.18. The summed E-state index contributed by atoms with van der Waals surface area (Å²) in [5.74, 6) is 14.6. The normalized spacial score (nSPS) is 34.3. The molecule has 2 aliphatic carbocycles. The molecule has 4 heteroatoms. The van der Waals surface area contributed by atoms with Gasteiger partial charge in [0.05, 0.1) is 22.5 Å². The van der Waals surface area contributed by atoms with E-state index in [0.29, 0.717) is 5.92 Å². The van der Waals surface area contributed by atoms with Gasteiger partial charge in [0.15, 0.2) is 0 Å². The average molecular weight is 521 g/mol. The van der Waals surface area contributed by atoms with Crippen molar-refractivity contribution in [3.05, 3.63) is 93.0 Å². The molecule has 0 saturated heterocycles. The molecular formula is C35H44N4. The topological polar surface area (TPSA) is 58.5 Å². The van der Waals surface area contributed by atoms with E-state index in [2.05, 4.69) is 107 Å². The molecule has 0 radical (unpaired) electrons. The van der Waals surface area contributed by atoms with Gasteiger partial charge in [-0.15, -0.1) is 0 Å². The van der Waals surface area contributed by atoms with Crippen LogP contribution < -0.4 is 21.7 Å². The lowest BCUT2D eigenvalue weighted by atomic mass is 9.57. The lowest BCUT2D eigenvalue weighted by Crippen LogP contribution is -2.60. The number of hydrogen-bond acceptors (Lipinski definition) is 4. The van der Waals surface area contributed by atoms with Crippen LogP contribution in [0, 0.1) is 20.8 Å². The molecule has 1 saturated carbocycles. The van der Waals surface area contributed by atoms with Gasteiger partial charge in [0, 0.05) is 10.8 Å². The molecule has 2 heterocycles. The van der Waals surface area contributed by atoms with Crippen LogP contribution in [-0.2, 0) is 22.8 Å². The first-order valence-corrected chi connectivity index (χ1v) is 14.8. The van der Waals surface area contributed by atoms with Crippen LogP contribution in [-0.4, -0.2) is 5.54 Å². The van der Waals surface area contributed by atoms with Crippen LogP contribution in [0.2, 0.25) is 0 Å². The van der Waals surface area contributed by atoms with Crippen molar-refractivity contribution in [2.45, 2.75) is 108 Å². The summed E-state index contributed by atoms with van der Waals surface area (Å²) in [6.07, 6.45) is 5.53. The number of nitrogens with zero attached hydrogens (tertiary/aromatic N) is 2. The van der Waals surface area contributed by atoms with Gasteiger partial charge in [-0.1, -0.05) is 61.9 Å². The van der Waals surface area contributed by atoms with Gasteiger partial charge in [0.25, 0.3) is 0 Å². The Balaban J connectivity index is 1.31. The quantitative estimate of drug-likeness (QED) is 0.336. The van der Waals surface area contributed by atoms with Crippen molar-refractivity contribution >= 4 is 11.4 Å². The molecule has 3 aromatic rings. The van der Waals surface area contributed by atoms with Crippen molar-refractivity contribution in [1.82, 2.24) is 0 Å². The Bertz CT molecular complexity index is 1540. The number of anilines is 2. The van der Waals surface area contributed by atoms with Crippen molar-refractivity contribution in [2.75, 3.05) is 10.0 Å². The molecular weight excluding hydrogens is 476 g/mol. The van der Waals surface area contributed by atoms with Crippen LogP contribution in [0.15, 0.2) is 48.5 Å². The lowest BCUT2D eigenvalue weighted by molar-refractivity contribution is 0.166. The summed E-state index contributed by atoms with van der Waals surface area (Å²) in [6, 6.07) is 18.5. The first kappa shape index (κ1) is 25.2. The Labute approximate surface area is 234 Å². The number of benzene rings is 3. The van der Waals surface area contributed by atoms with Crippen LogP contribution in [0.5, 0.6) is 0 Å². The van der Waals surface area contributed by atoms with Gasteiger partial charge in [-0.3, -0.25) is 5.01 Å². The predicted molar refractivity (Wildman–Crippen MR) is 162 cm³/mol. The molecule has 7 rings (SSSR count). The number of hydrogen-bond donors (Lipinski definition) is 2. The summed E-state index contributed by atoms with van der Waals surface area (Å²) >= 11 is 0. The second-order valence-corrected chi connectivity index (χ2v) is 14.1. The molecule has 5 atom stereocenters. The molecule has 4 N–H and O–H groups in total. The summed E-state index contributed by atoms with van der Waals surface area (Å²) in [7, 11) is 0. The van der Waals surface area contributed by atoms with E-state index in [9.17, 15) is 0 Å².